The van der Waals surface area contributed by atoms with Gasteiger partial charge in [0.15, 0.2) is 0 Å². The Morgan fingerprint density at radius 1 is 1.00 bits per heavy atom. The Labute approximate surface area is 198 Å². The summed E-state index contributed by atoms with van der Waals surface area (Å²) in [5.74, 6) is -0.789. The maximum absolute atomic E-state index is 12.3. The van der Waals surface area contributed by atoms with Crippen molar-refractivity contribution >= 4 is 28.5 Å². The molecule has 0 unspecified atom stereocenters. The van der Waals surface area contributed by atoms with Crippen LogP contribution in [0.3, 0.4) is 0 Å². The number of para-hydroxylation sites is 1. The number of aromatic nitrogens is 1. The van der Waals surface area contributed by atoms with Crippen LogP contribution < -0.4 is 5.32 Å². The van der Waals surface area contributed by atoms with Gasteiger partial charge in [0.1, 0.15) is 6.61 Å². The van der Waals surface area contributed by atoms with Crippen LogP contribution in [0.4, 0.5) is 5.69 Å². The van der Waals surface area contributed by atoms with Gasteiger partial charge in [-0.25, -0.2) is 4.79 Å². The van der Waals surface area contributed by atoms with E-state index >= 15 is 0 Å². The number of hydrogen-bond acceptors (Lipinski definition) is 3. The lowest BCUT2D eigenvalue weighted by Crippen LogP contribution is -2.19. The quantitative estimate of drug-likeness (QED) is 0.319. The van der Waals surface area contributed by atoms with E-state index in [1.807, 2.05) is 71.4 Å². The third-order valence-electron chi connectivity index (χ3n) is 5.75. The van der Waals surface area contributed by atoms with E-state index in [0.29, 0.717) is 18.9 Å². The fraction of sp³-hybridized carbons (Fsp3) is 0.214. The number of nitrogens with zero attached hydrogens (tertiary/aromatic N) is 1. The molecule has 6 heteroatoms. The number of hydrogen-bond donors (Lipinski definition) is 2. The zero-order valence-electron chi connectivity index (χ0n) is 19.3. The highest BCUT2D eigenvalue weighted by atomic mass is 16.5. The van der Waals surface area contributed by atoms with Gasteiger partial charge in [-0.3, -0.25) is 4.79 Å². The second kappa shape index (κ2) is 10.4. The standard InChI is InChI=1S/C28H28N2O4/c1-19(2)20-7-6-8-23(15-20)29-27(31)18-34-14-13-22-17-30(24-9-4-3-5-10-24)26-12-11-21(28(32)33)16-25(22)26/h3-12,15-17,19H,13-14,18H2,1-2H3,(H,29,31)(H,32,33). The molecule has 4 rings (SSSR count). The van der Waals surface area contributed by atoms with Crippen LogP contribution in [-0.2, 0) is 16.0 Å². The normalized spacial score (nSPS) is 11.1. The Hall–Kier alpha value is -3.90. The number of carbonyl (C=O) groups is 2. The number of carboxylic acid groups (broad SMARTS) is 1. The lowest BCUT2D eigenvalue weighted by Gasteiger charge is -2.10. The van der Waals surface area contributed by atoms with Gasteiger partial charge >= 0.3 is 5.97 Å². The summed E-state index contributed by atoms with van der Waals surface area (Å²) in [5.41, 5.74) is 5.04. The SMILES string of the molecule is CC(C)c1cccc(NC(=O)COCCc2cn(-c3ccccc3)c3ccc(C(=O)O)cc23)c1. The van der Waals surface area contributed by atoms with Gasteiger partial charge in [0.25, 0.3) is 0 Å². The van der Waals surface area contributed by atoms with E-state index in [1.54, 1.807) is 12.1 Å². The van der Waals surface area contributed by atoms with E-state index in [-0.39, 0.29) is 18.1 Å². The van der Waals surface area contributed by atoms with Crippen LogP contribution in [0.25, 0.3) is 16.6 Å². The van der Waals surface area contributed by atoms with Gasteiger partial charge in [-0.1, -0.05) is 44.2 Å². The van der Waals surface area contributed by atoms with Crippen molar-refractivity contribution in [2.75, 3.05) is 18.5 Å². The number of aromatic carboxylic acids is 1. The molecular weight excluding hydrogens is 428 g/mol. The average molecular weight is 457 g/mol. The van der Waals surface area contributed by atoms with Gasteiger partial charge in [-0.2, -0.15) is 0 Å². The van der Waals surface area contributed by atoms with Crippen molar-refractivity contribution < 1.29 is 19.4 Å². The minimum atomic E-state index is -0.963. The number of nitrogens with one attached hydrogen (secondary N) is 1. The van der Waals surface area contributed by atoms with E-state index in [1.165, 1.54) is 0 Å². The lowest BCUT2D eigenvalue weighted by molar-refractivity contribution is -0.120. The Bertz CT molecular complexity index is 1310. The van der Waals surface area contributed by atoms with Crippen LogP contribution in [0.15, 0.2) is 79.0 Å². The molecule has 0 saturated heterocycles. The molecule has 1 aromatic heterocycles. The third kappa shape index (κ3) is 5.35. The molecule has 0 fully saturated rings. The zero-order valence-corrected chi connectivity index (χ0v) is 19.3. The van der Waals surface area contributed by atoms with E-state index in [2.05, 4.69) is 19.2 Å². The molecule has 0 aliphatic carbocycles. The van der Waals surface area contributed by atoms with Crippen molar-refractivity contribution in [3.8, 4) is 5.69 Å². The second-order valence-corrected chi connectivity index (χ2v) is 8.53. The van der Waals surface area contributed by atoms with Gasteiger partial charge in [0.05, 0.1) is 17.7 Å². The van der Waals surface area contributed by atoms with Crippen LogP contribution in [0.2, 0.25) is 0 Å². The molecule has 6 nitrogen and oxygen atoms in total. The summed E-state index contributed by atoms with van der Waals surface area (Å²) < 4.78 is 7.70. The van der Waals surface area contributed by atoms with E-state index in [9.17, 15) is 14.7 Å². The first-order valence-electron chi connectivity index (χ1n) is 11.3. The largest absolute Gasteiger partial charge is 0.478 e. The van der Waals surface area contributed by atoms with Crippen LogP contribution in [0, 0.1) is 0 Å². The lowest BCUT2D eigenvalue weighted by atomic mass is 10.0. The number of carbonyl (C=O) groups excluding carboxylic acids is 1. The molecule has 0 aliphatic rings. The number of benzene rings is 3. The minimum absolute atomic E-state index is 0.0520. The molecule has 174 valence electrons. The summed E-state index contributed by atoms with van der Waals surface area (Å²) in [7, 11) is 0. The fourth-order valence-electron chi connectivity index (χ4n) is 3.95. The molecule has 0 radical (unpaired) electrons. The molecule has 0 atom stereocenters. The van der Waals surface area contributed by atoms with Crippen molar-refractivity contribution in [2.45, 2.75) is 26.2 Å². The molecule has 0 aliphatic heterocycles. The maximum atomic E-state index is 12.3. The molecule has 4 aromatic rings. The number of anilines is 1. The van der Waals surface area contributed by atoms with E-state index < -0.39 is 5.97 Å². The first-order valence-corrected chi connectivity index (χ1v) is 11.3. The van der Waals surface area contributed by atoms with Crippen molar-refractivity contribution in [3.05, 3.63) is 95.7 Å². The summed E-state index contributed by atoms with van der Waals surface area (Å²) in [6.07, 6.45) is 2.56. The smallest absolute Gasteiger partial charge is 0.335 e. The van der Waals surface area contributed by atoms with Gasteiger partial charge in [-0.05, 0) is 65.9 Å². The van der Waals surface area contributed by atoms with Gasteiger partial charge in [0, 0.05) is 23.0 Å². The first kappa shape index (κ1) is 23.3. The topological polar surface area (TPSA) is 80.6 Å². The summed E-state index contributed by atoms with van der Waals surface area (Å²) in [6.45, 7) is 4.50. The monoisotopic (exact) mass is 456 g/mol. The Morgan fingerprint density at radius 3 is 2.53 bits per heavy atom. The summed E-state index contributed by atoms with van der Waals surface area (Å²) in [5, 5.41) is 13.2. The molecule has 34 heavy (non-hydrogen) atoms. The number of carboxylic acids is 1. The molecule has 0 spiro atoms. The predicted molar refractivity (Wildman–Crippen MR) is 134 cm³/mol. The van der Waals surface area contributed by atoms with Crippen LogP contribution in [0.1, 0.15) is 41.3 Å². The van der Waals surface area contributed by atoms with Crippen LogP contribution in [-0.4, -0.2) is 34.8 Å². The van der Waals surface area contributed by atoms with Crippen molar-refractivity contribution in [1.82, 2.24) is 4.57 Å². The molecule has 3 aromatic carbocycles. The Morgan fingerprint density at radius 2 is 1.79 bits per heavy atom. The highest BCUT2D eigenvalue weighted by Gasteiger charge is 2.13. The summed E-state index contributed by atoms with van der Waals surface area (Å²) in [6, 6.07) is 22.8. The first-order chi connectivity index (χ1) is 16.4. The summed E-state index contributed by atoms with van der Waals surface area (Å²) >= 11 is 0. The van der Waals surface area contributed by atoms with Crippen LogP contribution >= 0.6 is 0 Å². The van der Waals surface area contributed by atoms with E-state index in [0.717, 1.165) is 33.4 Å². The van der Waals surface area contributed by atoms with E-state index in [4.69, 9.17) is 4.74 Å². The highest BCUT2D eigenvalue weighted by Crippen LogP contribution is 2.27. The molecule has 0 saturated carbocycles. The number of rotatable bonds is 9. The van der Waals surface area contributed by atoms with Gasteiger partial charge in [0.2, 0.25) is 5.91 Å². The van der Waals surface area contributed by atoms with Crippen molar-refractivity contribution in [3.63, 3.8) is 0 Å². The third-order valence-corrected chi connectivity index (χ3v) is 5.75. The molecule has 0 bridgehead atoms. The maximum Gasteiger partial charge on any atom is 0.335 e. The zero-order chi connectivity index (χ0) is 24.1. The average Bonchev–Trinajstić information content (AvgIpc) is 3.20. The van der Waals surface area contributed by atoms with Crippen LogP contribution in [0.5, 0.6) is 0 Å². The molecule has 2 N–H and O–H groups in total. The number of fused-ring (bicyclic) bond motifs is 1. The Balaban J connectivity index is 1.43. The molecular formula is C28H28N2O4. The van der Waals surface area contributed by atoms with Gasteiger partial charge < -0.3 is 19.7 Å². The fourth-order valence-corrected chi connectivity index (χ4v) is 3.95. The van der Waals surface area contributed by atoms with Crippen molar-refractivity contribution in [2.24, 2.45) is 0 Å². The number of amides is 1. The highest BCUT2D eigenvalue weighted by molar-refractivity contribution is 5.95. The predicted octanol–water partition coefficient (Wildman–Crippen LogP) is 5.65. The van der Waals surface area contributed by atoms with Gasteiger partial charge in [-0.15, -0.1) is 0 Å². The molecule has 1 amide bonds. The molecule has 1 heterocycles. The number of ether oxygens (including phenoxy) is 1. The van der Waals surface area contributed by atoms with Crippen molar-refractivity contribution in [1.29, 1.82) is 0 Å². The Kier molecular flexibility index (Phi) is 7.09. The second-order valence-electron chi connectivity index (χ2n) is 8.53. The minimum Gasteiger partial charge on any atom is -0.478 e. The summed E-state index contributed by atoms with van der Waals surface area (Å²) in [4.78, 5) is 23.8.